The summed E-state index contributed by atoms with van der Waals surface area (Å²) in [5, 5.41) is 8.96. The van der Waals surface area contributed by atoms with Crippen molar-refractivity contribution in [2.24, 2.45) is 4.99 Å². The van der Waals surface area contributed by atoms with Crippen molar-refractivity contribution < 1.29 is 0 Å². The highest BCUT2D eigenvalue weighted by atomic mass is 35.5. The van der Waals surface area contributed by atoms with E-state index in [1.165, 1.54) is 4.88 Å². The maximum atomic E-state index is 6.25. The molecule has 0 aliphatic rings. The van der Waals surface area contributed by atoms with E-state index in [-0.39, 0.29) is 5.92 Å². The number of rotatable bonds is 5. The molecular formula is C16H20Cl2N4S. The molecule has 1 aromatic heterocycles. The molecule has 0 aliphatic carbocycles. The highest BCUT2D eigenvalue weighted by Crippen LogP contribution is 2.30. The maximum absolute atomic E-state index is 6.25. The fourth-order valence-electron chi connectivity index (χ4n) is 2.20. The summed E-state index contributed by atoms with van der Waals surface area (Å²) in [5.74, 6) is 0.893. The van der Waals surface area contributed by atoms with Gasteiger partial charge < -0.3 is 10.6 Å². The zero-order valence-corrected chi connectivity index (χ0v) is 15.7. The Balaban J connectivity index is 1.90. The van der Waals surface area contributed by atoms with Crippen LogP contribution in [0.5, 0.6) is 0 Å². The highest BCUT2D eigenvalue weighted by Gasteiger charge is 2.14. The minimum Gasteiger partial charge on any atom is -0.356 e. The molecule has 1 atom stereocenters. The number of nitrogens with zero attached hydrogens (tertiary/aromatic N) is 2. The molecular weight excluding hydrogens is 351 g/mol. The second-order valence-electron chi connectivity index (χ2n) is 5.21. The van der Waals surface area contributed by atoms with Crippen molar-refractivity contribution in [2.45, 2.75) is 26.3 Å². The van der Waals surface area contributed by atoms with Gasteiger partial charge in [-0.25, -0.2) is 4.98 Å². The van der Waals surface area contributed by atoms with Gasteiger partial charge in [0, 0.05) is 40.6 Å². The van der Waals surface area contributed by atoms with Gasteiger partial charge in [-0.1, -0.05) is 36.2 Å². The first-order valence-corrected chi connectivity index (χ1v) is 8.88. The van der Waals surface area contributed by atoms with E-state index in [0.717, 1.165) is 16.5 Å². The molecule has 2 rings (SSSR count). The lowest BCUT2D eigenvalue weighted by atomic mass is 10.0. The van der Waals surface area contributed by atoms with Crippen molar-refractivity contribution in [3.05, 3.63) is 49.9 Å². The Hall–Kier alpha value is -1.30. The summed E-state index contributed by atoms with van der Waals surface area (Å²) in [7, 11) is 1.75. The number of hydrogen-bond donors (Lipinski definition) is 2. The molecule has 1 aromatic carbocycles. The van der Waals surface area contributed by atoms with Gasteiger partial charge in [-0.2, -0.15) is 0 Å². The number of aromatic nitrogens is 1. The average molecular weight is 371 g/mol. The molecule has 0 radical (unpaired) electrons. The lowest BCUT2D eigenvalue weighted by Crippen LogP contribution is -2.38. The van der Waals surface area contributed by atoms with E-state index in [1.807, 2.05) is 31.3 Å². The van der Waals surface area contributed by atoms with Crippen LogP contribution in [0.25, 0.3) is 0 Å². The molecule has 0 spiro atoms. The Morgan fingerprint density at radius 2 is 2.00 bits per heavy atom. The van der Waals surface area contributed by atoms with Gasteiger partial charge in [0.1, 0.15) is 5.01 Å². The number of halogens is 2. The quantitative estimate of drug-likeness (QED) is 0.611. The van der Waals surface area contributed by atoms with Crippen molar-refractivity contribution in [1.82, 2.24) is 15.6 Å². The zero-order valence-electron chi connectivity index (χ0n) is 13.4. The first kappa shape index (κ1) is 18.0. The molecule has 2 N–H and O–H groups in total. The molecule has 1 heterocycles. The average Bonchev–Trinajstić information content (AvgIpc) is 2.93. The molecule has 0 amide bonds. The predicted octanol–water partition coefficient (Wildman–Crippen LogP) is 4.23. The number of aryl methyl sites for hydroxylation is 1. The van der Waals surface area contributed by atoms with Gasteiger partial charge in [-0.3, -0.25) is 4.99 Å². The number of aliphatic imine (C=N–C) groups is 1. The van der Waals surface area contributed by atoms with E-state index < -0.39 is 0 Å². The predicted molar refractivity (Wildman–Crippen MR) is 99.9 cm³/mol. The van der Waals surface area contributed by atoms with Gasteiger partial charge in [-0.05, 0) is 24.6 Å². The largest absolute Gasteiger partial charge is 0.356 e. The Morgan fingerprint density at radius 1 is 1.30 bits per heavy atom. The summed E-state index contributed by atoms with van der Waals surface area (Å²) < 4.78 is 0. The van der Waals surface area contributed by atoms with E-state index in [0.29, 0.717) is 23.1 Å². The van der Waals surface area contributed by atoms with Crippen molar-refractivity contribution in [3.8, 4) is 0 Å². The molecule has 124 valence electrons. The van der Waals surface area contributed by atoms with Crippen LogP contribution in [-0.2, 0) is 6.54 Å². The Kier molecular flexibility index (Phi) is 6.69. The summed E-state index contributed by atoms with van der Waals surface area (Å²) in [6.07, 6.45) is 1.87. The normalized spacial score (nSPS) is 13.0. The van der Waals surface area contributed by atoms with Crippen molar-refractivity contribution in [2.75, 3.05) is 13.6 Å². The van der Waals surface area contributed by atoms with Crippen LogP contribution in [0, 0.1) is 6.92 Å². The van der Waals surface area contributed by atoms with E-state index in [4.69, 9.17) is 23.2 Å². The van der Waals surface area contributed by atoms with E-state index in [2.05, 4.69) is 27.5 Å². The Morgan fingerprint density at radius 3 is 2.57 bits per heavy atom. The number of thiazole rings is 1. The number of nitrogens with one attached hydrogen (secondary N) is 2. The van der Waals surface area contributed by atoms with Crippen LogP contribution in [0.3, 0.4) is 0 Å². The molecule has 23 heavy (non-hydrogen) atoms. The Bertz CT molecular complexity index is 664. The molecule has 2 aromatic rings. The fraction of sp³-hybridized carbons (Fsp3) is 0.375. The lowest BCUT2D eigenvalue weighted by molar-refractivity contribution is 0.698. The van der Waals surface area contributed by atoms with Crippen molar-refractivity contribution in [1.29, 1.82) is 0 Å². The summed E-state index contributed by atoms with van der Waals surface area (Å²) in [4.78, 5) is 9.75. The van der Waals surface area contributed by atoms with Crippen LogP contribution < -0.4 is 10.6 Å². The third kappa shape index (κ3) is 5.09. The van der Waals surface area contributed by atoms with Gasteiger partial charge in [0.2, 0.25) is 0 Å². The van der Waals surface area contributed by atoms with Crippen molar-refractivity contribution in [3.63, 3.8) is 0 Å². The molecule has 4 nitrogen and oxygen atoms in total. The van der Waals surface area contributed by atoms with Gasteiger partial charge in [0.15, 0.2) is 5.96 Å². The first-order valence-electron chi connectivity index (χ1n) is 7.31. The monoisotopic (exact) mass is 370 g/mol. The molecule has 0 saturated carbocycles. The van der Waals surface area contributed by atoms with Crippen LogP contribution in [0.4, 0.5) is 0 Å². The number of guanidine groups is 1. The molecule has 0 fully saturated rings. The third-order valence-electron chi connectivity index (χ3n) is 3.37. The molecule has 1 unspecified atom stereocenters. The smallest absolute Gasteiger partial charge is 0.191 e. The van der Waals surface area contributed by atoms with Crippen LogP contribution in [-0.4, -0.2) is 24.5 Å². The molecule has 7 heteroatoms. The van der Waals surface area contributed by atoms with Crippen LogP contribution >= 0.6 is 34.5 Å². The summed E-state index contributed by atoms with van der Waals surface area (Å²) in [6.45, 7) is 5.46. The van der Waals surface area contributed by atoms with E-state index >= 15 is 0 Å². The van der Waals surface area contributed by atoms with Crippen LogP contribution in [0.15, 0.2) is 29.4 Å². The summed E-state index contributed by atoms with van der Waals surface area (Å²) in [5.41, 5.74) is 0.953. The van der Waals surface area contributed by atoms with Gasteiger partial charge in [0.25, 0.3) is 0 Å². The standard InChI is InChI=1S/C16H20Cl2N4S/c1-10(15-12(17)5-4-6-13(15)18)7-21-16(19-3)22-9-14-20-8-11(2)23-14/h4-6,8,10H,7,9H2,1-3H3,(H2,19,21,22). The number of benzene rings is 1. The minimum atomic E-state index is 0.164. The lowest BCUT2D eigenvalue weighted by Gasteiger charge is -2.18. The van der Waals surface area contributed by atoms with Crippen LogP contribution in [0.1, 0.15) is 28.3 Å². The van der Waals surface area contributed by atoms with Gasteiger partial charge in [0.05, 0.1) is 6.54 Å². The maximum Gasteiger partial charge on any atom is 0.191 e. The molecule has 0 saturated heterocycles. The SMILES string of the molecule is CN=C(NCc1ncc(C)s1)NCC(C)c1c(Cl)cccc1Cl. The van der Waals surface area contributed by atoms with E-state index in [9.17, 15) is 0 Å². The van der Waals surface area contributed by atoms with Crippen molar-refractivity contribution >= 4 is 40.5 Å². The topological polar surface area (TPSA) is 49.3 Å². The number of hydrogen-bond acceptors (Lipinski definition) is 3. The molecule has 0 bridgehead atoms. The minimum absolute atomic E-state index is 0.164. The fourth-order valence-corrected chi connectivity index (χ4v) is 3.69. The second kappa shape index (κ2) is 8.52. The van der Waals surface area contributed by atoms with Crippen LogP contribution in [0.2, 0.25) is 10.0 Å². The van der Waals surface area contributed by atoms with E-state index in [1.54, 1.807) is 18.4 Å². The van der Waals surface area contributed by atoms with Gasteiger partial charge >= 0.3 is 0 Å². The Labute approximate surface area is 151 Å². The molecule has 0 aliphatic heterocycles. The van der Waals surface area contributed by atoms with Gasteiger partial charge in [-0.15, -0.1) is 11.3 Å². The first-order chi connectivity index (χ1) is 11.0. The summed E-state index contributed by atoms with van der Waals surface area (Å²) in [6, 6.07) is 5.57. The highest BCUT2D eigenvalue weighted by molar-refractivity contribution is 7.11. The second-order valence-corrected chi connectivity index (χ2v) is 7.34. The zero-order chi connectivity index (χ0) is 16.8. The summed E-state index contributed by atoms with van der Waals surface area (Å²) >= 11 is 14.2. The third-order valence-corrected chi connectivity index (χ3v) is 4.94.